The van der Waals surface area contributed by atoms with Crippen LogP contribution in [0.2, 0.25) is 0 Å². The molecule has 0 saturated heterocycles. The van der Waals surface area contributed by atoms with Crippen molar-refractivity contribution in [2.45, 2.75) is 19.3 Å². The van der Waals surface area contributed by atoms with E-state index in [1.807, 2.05) is 6.07 Å². The summed E-state index contributed by atoms with van der Waals surface area (Å²) in [5.41, 5.74) is 7.29. The van der Waals surface area contributed by atoms with Crippen molar-refractivity contribution in [1.29, 1.82) is 0 Å². The van der Waals surface area contributed by atoms with Gasteiger partial charge in [-0.1, -0.05) is 0 Å². The molecule has 1 fully saturated rings. The molecule has 88 valence electrons. The first-order chi connectivity index (χ1) is 7.84. The van der Waals surface area contributed by atoms with Crippen molar-refractivity contribution in [2.24, 2.45) is 5.92 Å². The zero-order valence-corrected chi connectivity index (χ0v) is 9.48. The summed E-state index contributed by atoms with van der Waals surface area (Å²) in [6, 6.07) is 1.89. The summed E-state index contributed by atoms with van der Waals surface area (Å²) in [6.45, 7) is 2.68. The molecule has 1 aromatic rings. The molecule has 0 atom stereocenters. The first-order valence-electron chi connectivity index (χ1n) is 5.87. The van der Waals surface area contributed by atoms with Gasteiger partial charge in [-0.05, 0) is 31.2 Å². The number of pyridine rings is 1. The summed E-state index contributed by atoms with van der Waals surface area (Å²) in [6.07, 6.45) is 7.15. The second-order valence-electron chi connectivity index (χ2n) is 4.31. The molecule has 1 aliphatic carbocycles. The van der Waals surface area contributed by atoms with Crippen LogP contribution < -0.4 is 11.1 Å². The van der Waals surface area contributed by atoms with Gasteiger partial charge >= 0.3 is 0 Å². The lowest BCUT2D eigenvalue weighted by atomic mass is 10.3. The van der Waals surface area contributed by atoms with Crippen molar-refractivity contribution in [2.75, 3.05) is 30.8 Å². The second kappa shape index (κ2) is 5.70. The first-order valence-corrected chi connectivity index (χ1v) is 5.87. The molecule has 0 unspecified atom stereocenters. The molecule has 0 radical (unpaired) electrons. The van der Waals surface area contributed by atoms with E-state index in [1.165, 1.54) is 12.8 Å². The van der Waals surface area contributed by atoms with E-state index >= 15 is 0 Å². The molecule has 16 heavy (non-hydrogen) atoms. The van der Waals surface area contributed by atoms with Crippen molar-refractivity contribution in [3.8, 4) is 0 Å². The second-order valence-corrected chi connectivity index (χ2v) is 4.31. The van der Waals surface area contributed by atoms with E-state index in [1.54, 1.807) is 12.4 Å². The maximum absolute atomic E-state index is 5.62. The quantitative estimate of drug-likeness (QED) is 0.690. The van der Waals surface area contributed by atoms with E-state index in [9.17, 15) is 0 Å². The highest BCUT2D eigenvalue weighted by atomic mass is 16.5. The lowest BCUT2D eigenvalue weighted by Gasteiger charge is -2.06. The maximum Gasteiger partial charge on any atom is 0.0547 e. The summed E-state index contributed by atoms with van der Waals surface area (Å²) in [5, 5.41) is 3.27. The van der Waals surface area contributed by atoms with Crippen LogP contribution >= 0.6 is 0 Å². The predicted molar refractivity (Wildman–Crippen MR) is 65.3 cm³/mol. The zero-order valence-electron chi connectivity index (χ0n) is 9.48. The molecule has 0 aliphatic heterocycles. The fraction of sp³-hybridized carbons (Fsp3) is 0.583. The SMILES string of the molecule is Nc1cncc(NCCCOCC2CC2)c1. The topological polar surface area (TPSA) is 60.2 Å². The molecule has 1 aromatic heterocycles. The molecule has 0 spiro atoms. The van der Waals surface area contributed by atoms with Gasteiger partial charge in [0.1, 0.15) is 0 Å². The Labute approximate surface area is 96.2 Å². The van der Waals surface area contributed by atoms with Crippen LogP contribution in [0.15, 0.2) is 18.5 Å². The highest BCUT2D eigenvalue weighted by Crippen LogP contribution is 2.28. The minimum atomic E-state index is 0.690. The van der Waals surface area contributed by atoms with Crippen LogP contribution in [0.3, 0.4) is 0 Å². The van der Waals surface area contributed by atoms with Gasteiger partial charge in [-0.25, -0.2) is 0 Å². The molecule has 1 heterocycles. The number of nitrogens with zero attached hydrogens (tertiary/aromatic N) is 1. The summed E-state index contributed by atoms with van der Waals surface area (Å²) in [5.74, 6) is 0.853. The number of nitrogens with two attached hydrogens (primary N) is 1. The van der Waals surface area contributed by atoms with Gasteiger partial charge in [0.25, 0.3) is 0 Å². The highest BCUT2D eigenvalue weighted by Gasteiger charge is 2.20. The van der Waals surface area contributed by atoms with Gasteiger partial charge < -0.3 is 15.8 Å². The Morgan fingerprint density at radius 2 is 2.31 bits per heavy atom. The van der Waals surface area contributed by atoms with Crippen LogP contribution in [0, 0.1) is 5.92 Å². The Morgan fingerprint density at radius 3 is 3.06 bits per heavy atom. The number of hydrogen-bond donors (Lipinski definition) is 2. The molecular formula is C12H19N3O. The molecule has 0 aromatic carbocycles. The molecule has 0 bridgehead atoms. The summed E-state index contributed by atoms with van der Waals surface area (Å²) in [7, 11) is 0. The van der Waals surface area contributed by atoms with Gasteiger partial charge in [0.15, 0.2) is 0 Å². The van der Waals surface area contributed by atoms with Gasteiger partial charge in [-0.2, -0.15) is 0 Å². The maximum atomic E-state index is 5.62. The van der Waals surface area contributed by atoms with Gasteiger partial charge in [0.2, 0.25) is 0 Å². The lowest BCUT2D eigenvalue weighted by Crippen LogP contribution is -2.07. The normalized spacial score (nSPS) is 15.0. The van der Waals surface area contributed by atoms with Crippen LogP contribution in [0.1, 0.15) is 19.3 Å². The predicted octanol–water partition coefficient (Wildman–Crippen LogP) is 1.89. The Bertz CT molecular complexity index is 326. The lowest BCUT2D eigenvalue weighted by molar-refractivity contribution is 0.124. The molecular weight excluding hydrogens is 202 g/mol. The van der Waals surface area contributed by atoms with Crippen molar-refractivity contribution in [1.82, 2.24) is 4.98 Å². The minimum absolute atomic E-state index is 0.690. The van der Waals surface area contributed by atoms with E-state index in [0.717, 1.165) is 37.8 Å². The summed E-state index contributed by atoms with van der Waals surface area (Å²) in [4.78, 5) is 4.01. The fourth-order valence-corrected chi connectivity index (χ4v) is 1.50. The van der Waals surface area contributed by atoms with Crippen LogP contribution in [0.4, 0.5) is 11.4 Å². The number of nitrogens with one attached hydrogen (secondary N) is 1. The number of ether oxygens (including phenoxy) is 1. The van der Waals surface area contributed by atoms with E-state index in [4.69, 9.17) is 10.5 Å². The molecule has 4 heteroatoms. The van der Waals surface area contributed by atoms with Gasteiger partial charge in [-0.3, -0.25) is 4.98 Å². The van der Waals surface area contributed by atoms with E-state index < -0.39 is 0 Å². The first kappa shape index (κ1) is 11.2. The standard InChI is InChI=1S/C12H19N3O/c13-11-6-12(8-14-7-11)15-4-1-5-16-9-10-2-3-10/h6-8,10,15H,1-5,9,13H2. The average molecular weight is 221 g/mol. The van der Waals surface area contributed by atoms with E-state index in [-0.39, 0.29) is 0 Å². The van der Waals surface area contributed by atoms with Crippen molar-refractivity contribution in [3.63, 3.8) is 0 Å². The highest BCUT2D eigenvalue weighted by molar-refractivity contribution is 5.51. The number of aromatic nitrogens is 1. The van der Waals surface area contributed by atoms with Crippen molar-refractivity contribution < 1.29 is 4.74 Å². The Morgan fingerprint density at radius 1 is 1.44 bits per heavy atom. The molecule has 2 rings (SSSR count). The summed E-state index contributed by atoms with van der Waals surface area (Å²) >= 11 is 0. The third-order valence-electron chi connectivity index (χ3n) is 2.60. The minimum Gasteiger partial charge on any atom is -0.397 e. The van der Waals surface area contributed by atoms with Crippen LogP contribution in [-0.4, -0.2) is 24.7 Å². The van der Waals surface area contributed by atoms with Crippen LogP contribution in [0.5, 0.6) is 0 Å². The molecule has 1 aliphatic rings. The van der Waals surface area contributed by atoms with Crippen LogP contribution in [0.25, 0.3) is 0 Å². The fourth-order valence-electron chi connectivity index (χ4n) is 1.50. The molecule has 4 nitrogen and oxygen atoms in total. The van der Waals surface area contributed by atoms with Crippen LogP contribution in [-0.2, 0) is 4.74 Å². The smallest absolute Gasteiger partial charge is 0.0547 e. The monoisotopic (exact) mass is 221 g/mol. The van der Waals surface area contributed by atoms with Crippen molar-refractivity contribution >= 4 is 11.4 Å². The van der Waals surface area contributed by atoms with Gasteiger partial charge in [0.05, 0.1) is 17.6 Å². The third-order valence-corrected chi connectivity index (χ3v) is 2.60. The number of hydrogen-bond acceptors (Lipinski definition) is 4. The largest absolute Gasteiger partial charge is 0.397 e. The number of rotatable bonds is 7. The molecule has 0 amide bonds. The average Bonchev–Trinajstić information content (AvgIpc) is 3.07. The Balaban J connectivity index is 1.53. The third kappa shape index (κ3) is 4.06. The molecule has 1 saturated carbocycles. The van der Waals surface area contributed by atoms with E-state index in [2.05, 4.69) is 10.3 Å². The Hall–Kier alpha value is -1.29. The number of nitrogen functional groups attached to an aromatic ring is 1. The summed E-state index contributed by atoms with van der Waals surface area (Å²) < 4.78 is 5.54. The van der Waals surface area contributed by atoms with Gasteiger partial charge in [0, 0.05) is 26.0 Å². The molecule has 3 N–H and O–H groups in total. The zero-order chi connectivity index (χ0) is 11.2. The Kier molecular flexibility index (Phi) is 3.99. The number of anilines is 2. The van der Waals surface area contributed by atoms with Gasteiger partial charge in [-0.15, -0.1) is 0 Å². The van der Waals surface area contributed by atoms with Crippen molar-refractivity contribution in [3.05, 3.63) is 18.5 Å². The van der Waals surface area contributed by atoms with E-state index in [0.29, 0.717) is 5.69 Å².